The lowest BCUT2D eigenvalue weighted by molar-refractivity contribution is -0.118. The summed E-state index contributed by atoms with van der Waals surface area (Å²) in [6.07, 6.45) is 0. The normalized spacial score (nSPS) is 11.0. The summed E-state index contributed by atoms with van der Waals surface area (Å²) in [4.78, 5) is 15.4. The van der Waals surface area contributed by atoms with Crippen LogP contribution in [0.3, 0.4) is 0 Å². The van der Waals surface area contributed by atoms with Crippen LogP contribution >= 0.6 is 11.8 Å². The Morgan fingerprint density at radius 3 is 2.50 bits per heavy atom. The molecule has 0 bridgehead atoms. The van der Waals surface area contributed by atoms with Crippen LogP contribution < -0.4 is 5.32 Å². The van der Waals surface area contributed by atoms with Crippen molar-refractivity contribution < 1.29 is 4.79 Å². The summed E-state index contributed by atoms with van der Waals surface area (Å²) in [6, 6.07) is 25.0. The number of hydrogen-bond acceptors (Lipinski definition) is 3. The van der Waals surface area contributed by atoms with E-state index in [0.717, 1.165) is 18.0 Å². The zero-order valence-corrected chi connectivity index (χ0v) is 15.8. The lowest BCUT2D eigenvalue weighted by Crippen LogP contribution is -2.33. The number of fused-ring (bicyclic) bond motifs is 1. The molecule has 4 heteroatoms. The quantitative estimate of drug-likeness (QED) is 0.609. The molecule has 0 aliphatic carbocycles. The summed E-state index contributed by atoms with van der Waals surface area (Å²) in [6.45, 7) is 2.39. The minimum absolute atomic E-state index is 0.0799. The van der Waals surface area contributed by atoms with Gasteiger partial charge in [-0.15, -0.1) is 11.8 Å². The maximum Gasteiger partial charge on any atom is 0.230 e. The second-order valence-corrected chi connectivity index (χ2v) is 7.42. The Bertz CT molecular complexity index is 851. The average molecular weight is 365 g/mol. The number of thioether (sulfide) groups is 1. The first-order chi connectivity index (χ1) is 12.7. The molecule has 0 heterocycles. The fraction of sp³-hybridized carbons (Fsp3) is 0.227. The SMILES string of the molecule is CN(CCNC(=O)CSc1ccc2ccccc2c1)Cc1ccccc1. The largest absolute Gasteiger partial charge is 0.354 e. The van der Waals surface area contributed by atoms with Gasteiger partial charge in [0.2, 0.25) is 5.91 Å². The number of nitrogens with one attached hydrogen (secondary N) is 1. The number of carbonyl (C=O) groups is 1. The molecule has 0 saturated heterocycles. The molecule has 134 valence electrons. The Hall–Kier alpha value is -2.30. The third kappa shape index (κ3) is 5.61. The van der Waals surface area contributed by atoms with Gasteiger partial charge in [-0.1, -0.05) is 60.7 Å². The Morgan fingerprint density at radius 2 is 1.69 bits per heavy atom. The van der Waals surface area contributed by atoms with Crippen molar-refractivity contribution in [3.05, 3.63) is 78.4 Å². The molecule has 3 nitrogen and oxygen atoms in total. The minimum atomic E-state index is 0.0799. The maximum absolute atomic E-state index is 12.1. The maximum atomic E-state index is 12.1. The van der Waals surface area contributed by atoms with E-state index in [1.54, 1.807) is 11.8 Å². The highest BCUT2D eigenvalue weighted by Crippen LogP contribution is 2.23. The first kappa shape index (κ1) is 18.5. The Kier molecular flexibility index (Phi) is 6.69. The molecule has 0 saturated carbocycles. The van der Waals surface area contributed by atoms with Gasteiger partial charge < -0.3 is 10.2 Å². The highest BCUT2D eigenvalue weighted by molar-refractivity contribution is 8.00. The lowest BCUT2D eigenvalue weighted by Gasteiger charge is -2.17. The molecule has 0 unspecified atom stereocenters. The van der Waals surface area contributed by atoms with E-state index in [-0.39, 0.29) is 5.91 Å². The molecule has 3 rings (SSSR count). The summed E-state index contributed by atoms with van der Waals surface area (Å²) < 4.78 is 0. The van der Waals surface area contributed by atoms with Crippen LogP contribution in [0.4, 0.5) is 0 Å². The second kappa shape index (κ2) is 9.41. The van der Waals surface area contributed by atoms with Gasteiger partial charge in [0.1, 0.15) is 0 Å². The number of benzene rings is 3. The van der Waals surface area contributed by atoms with Crippen LogP contribution in [-0.2, 0) is 11.3 Å². The predicted molar refractivity (Wildman–Crippen MR) is 110 cm³/mol. The van der Waals surface area contributed by atoms with E-state index in [1.165, 1.54) is 16.3 Å². The van der Waals surface area contributed by atoms with E-state index in [9.17, 15) is 4.79 Å². The van der Waals surface area contributed by atoms with Gasteiger partial charge in [0.15, 0.2) is 0 Å². The van der Waals surface area contributed by atoms with Gasteiger partial charge >= 0.3 is 0 Å². The van der Waals surface area contributed by atoms with Gasteiger partial charge in [-0.2, -0.15) is 0 Å². The van der Waals surface area contributed by atoms with Crippen molar-refractivity contribution in [2.75, 3.05) is 25.9 Å². The molecule has 0 atom stereocenters. The smallest absolute Gasteiger partial charge is 0.230 e. The summed E-state index contributed by atoms with van der Waals surface area (Å²) >= 11 is 1.58. The Labute approximate surface area is 159 Å². The molecule has 0 radical (unpaired) electrons. The van der Waals surface area contributed by atoms with E-state index < -0.39 is 0 Å². The van der Waals surface area contributed by atoms with Crippen molar-refractivity contribution in [2.45, 2.75) is 11.4 Å². The van der Waals surface area contributed by atoms with Crippen LogP contribution in [0, 0.1) is 0 Å². The number of rotatable bonds is 8. The van der Waals surface area contributed by atoms with Gasteiger partial charge in [-0.25, -0.2) is 0 Å². The number of hydrogen-bond donors (Lipinski definition) is 1. The van der Waals surface area contributed by atoms with Gasteiger partial charge in [0.25, 0.3) is 0 Å². The van der Waals surface area contributed by atoms with E-state index in [4.69, 9.17) is 0 Å². The molecular weight excluding hydrogens is 340 g/mol. The van der Waals surface area contributed by atoms with Crippen molar-refractivity contribution in [1.82, 2.24) is 10.2 Å². The fourth-order valence-corrected chi connectivity index (χ4v) is 3.59. The monoisotopic (exact) mass is 364 g/mol. The van der Waals surface area contributed by atoms with Crippen LogP contribution in [0.5, 0.6) is 0 Å². The van der Waals surface area contributed by atoms with Crippen molar-refractivity contribution in [2.24, 2.45) is 0 Å². The standard InChI is InChI=1S/C22H24N2OS/c1-24(16-18-7-3-2-4-8-18)14-13-23-22(25)17-26-21-12-11-19-9-5-6-10-20(19)15-21/h2-12,15H,13-14,16-17H2,1H3,(H,23,25). The number of nitrogens with zero attached hydrogens (tertiary/aromatic N) is 1. The zero-order chi connectivity index (χ0) is 18.2. The Morgan fingerprint density at radius 1 is 0.962 bits per heavy atom. The number of carbonyl (C=O) groups excluding carboxylic acids is 1. The van der Waals surface area contributed by atoms with E-state index in [2.05, 4.69) is 71.9 Å². The summed E-state index contributed by atoms with van der Waals surface area (Å²) in [5.74, 6) is 0.525. The van der Waals surface area contributed by atoms with Crippen LogP contribution in [0.1, 0.15) is 5.56 Å². The van der Waals surface area contributed by atoms with E-state index >= 15 is 0 Å². The third-order valence-electron chi connectivity index (χ3n) is 4.20. The molecule has 0 spiro atoms. The molecule has 3 aromatic rings. The van der Waals surface area contributed by atoms with Crippen LogP contribution in [0.15, 0.2) is 77.7 Å². The van der Waals surface area contributed by atoms with Crippen LogP contribution in [0.25, 0.3) is 10.8 Å². The number of likely N-dealkylation sites (N-methyl/N-ethyl adjacent to an activating group) is 1. The van der Waals surface area contributed by atoms with Gasteiger partial charge in [0.05, 0.1) is 5.75 Å². The lowest BCUT2D eigenvalue weighted by atomic mass is 10.1. The van der Waals surface area contributed by atoms with Crippen LogP contribution in [-0.4, -0.2) is 36.7 Å². The molecule has 1 amide bonds. The highest BCUT2D eigenvalue weighted by atomic mass is 32.2. The van der Waals surface area contributed by atoms with Gasteiger partial charge in [0, 0.05) is 24.5 Å². The summed E-state index contributed by atoms with van der Waals surface area (Å²) in [5, 5.41) is 5.44. The first-order valence-electron chi connectivity index (χ1n) is 8.81. The molecular formula is C22H24N2OS. The molecule has 0 aliphatic rings. The molecule has 26 heavy (non-hydrogen) atoms. The van der Waals surface area contributed by atoms with E-state index in [1.807, 2.05) is 18.2 Å². The van der Waals surface area contributed by atoms with Crippen molar-refractivity contribution in [3.8, 4) is 0 Å². The van der Waals surface area contributed by atoms with Crippen molar-refractivity contribution in [3.63, 3.8) is 0 Å². The predicted octanol–water partition coefficient (Wildman–Crippen LogP) is 4.18. The number of amides is 1. The zero-order valence-electron chi connectivity index (χ0n) is 15.0. The van der Waals surface area contributed by atoms with Crippen LogP contribution in [0.2, 0.25) is 0 Å². The average Bonchev–Trinajstić information content (AvgIpc) is 2.67. The molecule has 0 fully saturated rings. The molecule has 0 aliphatic heterocycles. The van der Waals surface area contributed by atoms with Gasteiger partial charge in [-0.05, 0) is 35.5 Å². The third-order valence-corrected chi connectivity index (χ3v) is 5.20. The van der Waals surface area contributed by atoms with E-state index in [0.29, 0.717) is 12.3 Å². The highest BCUT2D eigenvalue weighted by Gasteiger charge is 2.05. The molecule has 0 aromatic heterocycles. The fourth-order valence-electron chi connectivity index (χ4n) is 2.82. The minimum Gasteiger partial charge on any atom is -0.354 e. The first-order valence-corrected chi connectivity index (χ1v) is 9.80. The van der Waals surface area contributed by atoms with Crippen molar-refractivity contribution >= 4 is 28.4 Å². The van der Waals surface area contributed by atoms with Gasteiger partial charge in [-0.3, -0.25) is 4.79 Å². The summed E-state index contributed by atoms with van der Waals surface area (Å²) in [5.41, 5.74) is 1.29. The topological polar surface area (TPSA) is 32.3 Å². The van der Waals surface area contributed by atoms with Crippen molar-refractivity contribution in [1.29, 1.82) is 0 Å². The Balaban J connectivity index is 1.38. The molecule has 1 N–H and O–H groups in total. The molecule has 3 aromatic carbocycles. The summed E-state index contributed by atoms with van der Waals surface area (Å²) in [7, 11) is 2.07. The second-order valence-electron chi connectivity index (χ2n) is 6.37.